The van der Waals surface area contributed by atoms with Crippen LogP contribution < -0.4 is 5.32 Å². The predicted octanol–water partition coefficient (Wildman–Crippen LogP) is 0.600. The van der Waals surface area contributed by atoms with Crippen molar-refractivity contribution < 1.29 is 5.11 Å². The van der Waals surface area contributed by atoms with Crippen LogP contribution in [0, 0.1) is 6.92 Å². The SMILES string of the molecule is CNC(O)c1cnccc1C. The summed E-state index contributed by atoms with van der Waals surface area (Å²) in [5, 5.41) is 12.1. The van der Waals surface area contributed by atoms with Gasteiger partial charge in [-0.25, -0.2) is 0 Å². The molecule has 1 aromatic rings. The summed E-state index contributed by atoms with van der Waals surface area (Å²) in [5.41, 5.74) is 1.87. The van der Waals surface area contributed by atoms with Gasteiger partial charge in [0.05, 0.1) is 0 Å². The Morgan fingerprint density at radius 1 is 1.64 bits per heavy atom. The maximum absolute atomic E-state index is 9.36. The topological polar surface area (TPSA) is 45.1 Å². The molecule has 1 heterocycles. The summed E-state index contributed by atoms with van der Waals surface area (Å²) in [4.78, 5) is 3.91. The minimum absolute atomic E-state index is 0.608. The molecule has 60 valence electrons. The highest BCUT2D eigenvalue weighted by Gasteiger charge is 2.05. The van der Waals surface area contributed by atoms with Gasteiger partial charge in [-0.3, -0.25) is 10.3 Å². The summed E-state index contributed by atoms with van der Waals surface area (Å²) in [6.45, 7) is 1.94. The second-order valence-corrected chi connectivity index (χ2v) is 2.42. The third kappa shape index (κ3) is 1.76. The maximum atomic E-state index is 9.36. The Morgan fingerprint density at radius 2 is 2.36 bits per heavy atom. The number of hydrogen-bond donors (Lipinski definition) is 2. The Hall–Kier alpha value is -0.930. The zero-order valence-corrected chi connectivity index (χ0v) is 6.70. The van der Waals surface area contributed by atoms with Crippen molar-refractivity contribution in [2.24, 2.45) is 0 Å². The highest BCUT2D eigenvalue weighted by Crippen LogP contribution is 2.11. The molecule has 0 aliphatic carbocycles. The molecule has 0 spiro atoms. The van der Waals surface area contributed by atoms with E-state index in [1.165, 1.54) is 0 Å². The molecule has 0 saturated heterocycles. The van der Waals surface area contributed by atoms with E-state index in [-0.39, 0.29) is 0 Å². The quantitative estimate of drug-likeness (QED) is 0.610. The van der Waals surface area contributed by atoms with Gasteiger partial charge in [-0.15, -0.1) is 0 Å². The van der Waals surface area contributed by atoms with Crippen molar-refractivity contribution >= 4 is 0 Å². The maximum Gasteiger partial charge on any atom is 0.132 e. The Labute approximate surface area is 66.1 Å². The number of aromatic nitrogens is 1. The molecule has 0 amide bonds. The van der Waals surface area contributed by atoms with Gasteiger partial charge in [0.2, 0.25) is 0 Å². The molecule has 0 aliphatic heterocycles. The van der Waals surface area contributed by atoms with Crippen LogP contribution in [0.1, 0.15) is 17.4 Å². The molecule has 0 bridgehead atoms. The fourth-order valence-electron chi connectivity index (χ4n) is 0.918. The third-order valence-electron chi connectivity index (χ3n) is 1.65. The van der Waals surface area contributed by atoms with Crippen molar-refractivity contribution in [2.45, 2.75) is 13.2 Å². The zero-order chi connectivity index (χ0) is 8.27. The second-order valence-electron chi connectivity index (χ2n) is 2.42. The van der Waals surface area contributed by atoms with Crippen LogP contribution in [-0.2, 0) is 0 Å². The lowest BCUT2D eigenvalue weighted by atomic mass is 10.1. The Bertz CT molecular complexity index is 237. The van der Waals surface area contributed by atoms with Crippen LogP contribution in [0.3, 0.4) is 0 Å². The van der Waals surface area contributed by atoms with Crippen molar-refractivity contribution in [1.29, 1.82) is 0 Å². The number of nitrogens with one attached hydrogen (secondary N) is 1. The largest absolute Gasteiger partial charge is 0.374 e. The molecule has 1 aromatic heterocycles. The van der Waals surface area contributed by atoms with E-state index >= 15 is 0 Å². The molecule has 1 rings (SSSR count). The molecule has 1 unspecified atom stereocenters. The summed E-state index contributed by atoms with van der Waals surface area (Å²) < 4.78 is 0. The molecular weight excluding hydrogens is 140 g/mol. The van der Waals surface area contributed by atoms with E-state index in [0.717, 1.165) is 11.1 Å². The monoisotopic (exact) mass is 152 g/mol. The molecule has 3 heteroatoms. The van der Waals surface area contributed by atoms with Gasteiger partial charge in [0, 0.05) is 18.0 Å². The van der Waals surface area contributed by atoms with Crippen molar-refractivity contribution in [3.05, 3.63) is 29.6 Å². The number of pyridine rings is 1. The molecule has 1 atom stereocenters. The second kappa shape index (κ2) is 3.46. The smallest absolute Gasteiger partial charge is 0.132 e. The highest BCUT2D eigenvalue weighted by atomic mass is 16.3. The normalized spacial score (nSPS) is 13.0. The molecule has 2 N–H and O–H groups in total. The Morgan fingerprint density at radius 3 is 2.91 bits per heavy atom. The standard InChI is InChI=1S/C8H12N2O/c1-6-3-4-10-5-7(6)8(11)9-2/h3-5,8-9,11H,1-2H3. The Balaban J connectivity index is 2.93. The molecule has 3 nitrogen and oxygen atoms in total. The zero-order valence-electron chi connectivity index (χ0n) is 6.70. The number of aliphatic hydroxyl groups excluding tert-OH is 1. The molecule has 0 aromatic carbocycles. The Kier molecular flexibility index (Phi) is 2.57. The van der Waals surface area contributed by atoms with Gasteiger partial charge in [-0.1, -0.05) is 0 Å². The van der Waals surface area contributed by atoms with Gasteiger partial charge >= 0.3 is 0 Å². The molecule has 0 saturated carbocycles. The van der Waals surface area contributed by atoms with E-state index in [1.807, 2.05) is 13.0 Å². The van der Waals surface area contributed by atoms with Crippen LogP contribution in [0.25, 0.3) is 0 Å². The molecular formula is C8H12N2O. The van der Waals surface area contributed by atoms with Gasteiger partial charge in [0.15, 0.2) is 0 Å². The first kappa shape index (κ1) is 8.17. The van der Waals surface area contributed by atoms with Crippen LogP contribution in [0.15, 0.2) is 18.5 Å². The van der Waals surface area contributed by atoms with E-state index in [2.05, 4.69) is 10.3 Å². The fourth-order valence-corrected chi connectivity index (χ4v) is 0.918. The third-order valence-corrected chi connectivity index (χ3v) is 1.65. The predicted molar refractivity (Wildman–Crippen MR) is 43.0 cm³/mol. The van der Waals surface area contributed by atoms with Crippen LogP contribution in [0.5, 0.6) is 0 Å². The van der Waals surface area contributed by atoms with E-state index in [4.69, 9.17) is 0 Å². The summed E-state index contributed by atoms with van der Waals surface area (Å²) in [6.07, 6.45) is 2.77. The summed E-state index contributed by atoms with van der Waals surface area (Å²) in [5.74, 6) is 0. The van der Waals surface area contributed by atoms with Gasteiger partial charge in [-0.05, 0) is 25.6 Å². The fraction of sp³-hybridized carbons (Fsp3) is 0.375. The molecule has 11 heavy (non-hydrogen) atoms. The van der Waals surface area contributed by atoms with E-state index in [1.54, 1.807) is 19.4 Å². The first-order valence-electron chi connectivity index (χ1n) is 3.51. The van der Waals surface area contributed by atoms with Gasteiger partial charge in [0.1, 0.15) is 6.23 Å². The highest BCUT2D eigenvalue weighted by molar-refractivity contribution is 5.22. The van der Waals surface area contributed by atoms with Crippen molar-refractivity contribution in [1.82, 2.24) is 10.3 Å². The number of aryl methyl sites for hydroxylation is 1. The van der Waals surface area contributed by atoms with Crippen LogP contribution >= 0.6 is 0 Å². The first-order valence-corrected chi connectivity index (χ1v) is 3.51. The van der Waals surface area contributed by atoms with Crippen molar-refractivity contribution in [3.8, 4) is 0 Å². The number of rotatable bonds is 2. The van der Waals surface area contributed by atoms with E-state index < -0.39 is 6.23 Å². The molecule has 0 aliphatic rings. The minimum atomic E-state index is -0.608. The summed E-state index contributed by atoms with van der Waals surface area (Å²) in [7, 11) is 1.71. The summed E-state index contributed by atoms with van der Waals surface area (Å²) in [6, 6.07) is 1.87. The number of aliphatic hydroxyl groups is 1. The lowest BCUT2D eigenvalue weighted by Gasteiger charge is -2.10. The van der Waals surface area contributed by atoms with E-state index in [0.29, 0.717) is 0 Å². The lowest BCUT2D eigenvalue weighted by molar-refractivity contribution is 0.148. The molecule has 0 radical (unpaired) electrons. The average Bonchev–Trinajstić information content (AvgIpc) is 2.04. The lowest BCUT2D eigenvalue weighted by Crippen LogP contribution is -2.16. The average molecular weight is 152 g/mol. The first-order chi connectivity index (χ1) is 5.25. The van der Waals surface area contributed by atoms with Gasteiger partial charge in [0.25, 0.3) is 0 Å². The number of nitrogens with zero attached hydrogens (tertiary/aromatic N) is 1. The van der Waals surface area contributed by atoms with E-state index in [9.17, 15) is 5.11 Å². The minimum Gasteiger partial charge on any atom is -0.374 e. The van der Waals surface area contributed by atoms with Crippen LogP contribution in [0.2, 0.25) is 0 Å². The molecule has 0 fully saturated rings. The van der Waals surface area contributed by atoms with Gasteiger partial charge in [-0.2, -0.15) is 0 Å². The van der Waals surface area contributed by atoms with Crippen molar-refractivity contribution in [3.63, 3.8) is 0 Å². The van der Waals surface area contributed by atoms with Crippen LogP contribution in [-0.4, -0.2) is 17.1 Å². The van der Waals surface area contributed by atoms with Crippen LogP contribution in [0.4, 0.5) is 0 Å². The van der Waals surface area contributed by atoms with Crippen molar-refractivity contribution in [2.75, 3.05) is 7.05 Å². The van der Waals surface area contributed by atoms with Gasteiger partial charge < -0.3 is 5.11 Å². The summed E-state index contributed by atoms with van der Waals surface area (Å²) >= 11 is 0. The number of hydrogen-bond acceptors (Lipinski definition) is 3.